The number of rotatable bonds is 5. The summed E-state index contributed by atoms with van der Waals surface area (Å²) in [6.45, 7) is 3.14. The summed E-state index contributed by atoms with van der Waals surface area (Å²) >= 11 is 0. The van der Waals surface area contributed by atoms with Crippen molar-refractivity contribution in [2.45, 2.75) is 19.4 Å². The van der Waals surface area contributed by atoms with Gasteiger partial charge in [-0.05, 0) is 49.7 Å². The fourth-order valence-electron chi connectivity index (χ4n) is 3.51. The number of para-hydroxylation sites is 1. The van der Waals surface area contributed by atoms with Crippen LogP contribution in [0.5, 0.6) is 11.5 Å². The van der Waals surface area contributed by atoms with Crippen LogP contribution >= 0.6 is 0 Å². The highest BCUT2D eigenvalue weighted by Crippen LogP contribution is 2.30. The summed E-state index contributed by atoms with van der Waals surface area (Å²) in [5.41, 5.74) is 7.81. The molecule has 0 saturated carbocycles. The minimum atomic E-state index is -0.357. The number of nitrogens with zero attached hydrogens (tertiary/aromatic N) is 3. The number of nitrogens with one attached hydrogen (secondary N) is 2. The van der Waals surface area contributed by atoms with Gasteiger partial charge in [0.1, 0.15) is 11.4 Å². The number of aromatic amines is 1. The molecule has 4 rings (SSSR count). The minimum absolute atomic E-state index is 0.0611. The van der Waals surface area contributed by atoms with E-state index in [4.69, 9.17) is 10.5 Å². The molecule has 0 unspecified atom stereocenters. The molecule has 8 nitrogen and oxygen atoms in total. The van der Waals surface area contributed by atoms with Crippen LogP contribution in [0.1, 0.15) is 28.9 Å². The second kappa shape index (κ2) is 8.32. The molecule has 1 aliphatic rings. The second-order valence-corrected chi connectivity index (χ2v) is 7.08. The van der Waals surface area contributed by atoms with E-state index in [0.717, 1.165) is 36.1 Å². The zero-order valence-electron chi connectivity index (χ0n) is 16.3. The molecule has 0 aliphatic carbocycles. The summed E-state index contributed by atoms with van der Waals surface area (Å²) in [6, 6.07) is 9.42. The van der Waals surface area contributed by atoms with E-state index in [1.165, 1.54) is 19.9 Å². The van der Waals surface area contributed by atoms with Gasteiger partial charge < -0.3 is 15.5 Å². The highest BCUT2D eigenvalue weighted by atomic mass is 16.5. The number of hydrogen-bond acceptors (Lipinski definition) is 5. The van der Waals surface area contributed by atoms with Gasteiger partial charge >= 0.3 is 0 Å². The van der Waals surface area contributed by atoms with Gasteiger partial charge in [0.15, 0.2) is 11.7 Å². The second-order valence-electron chi connectivity index (χ2n) is 7.08. The molecular formula is C21H24N6O2. The number of guanidine groups is 1. The summed E-state index contributed by atoms with van der Waals surface area (Å²) in [5.74, 6) is 0.992. The summed E-state index contributed by atoms with van der Waals surface area (Å²) in [4.78, 5) is 25.9. The molecule has 2 aromatic heterocycles. The van der Waals surface area contributed by atoms with E-state index in [1.54, 1.807) is 12.3 Å². The number of ether oxygens (including phenoxy) is 1. The van der Waals surface area contributed by atoms with Crippen molar-refractivity contribution in [2.24, 2.45) is 10.7 Å². The summed E-state index contributed by atoms with van der Waals surface area (Å²) in [7, 11) is 1.51. The van der Waals surface area contributed by atoms with Crippen molar-refractivity contribution in [2.75, 3.05) is 20.1 Å². The number of fused-ring (bicyclic) bond motifs is 1. The van der Waals surface area contributed by atoms with Crippen molar-refractivity contribution < 1.29 is 9.53 Å². The lowest BCUT2D eigenvalue weighted by atomic mass is 10.2. The van der Waals surface area contributed by atoms with E-state index >= 15 is 0 Å². The largest absolute Gasteiger partial charge is 0.454 e. The molecule has 0 radical (unpaired) electrons. The third-order valence-electron chi connectivity index (χ3n) is 4.95. The maximum absolute atomic E-state index is 12.3. The Labute approximate surface area is 168 Å². The van der Waals surface area contributed by atoms with Crippen LogP contribution in [-0.2, 0) is 6.54 Å². The first kappa shape index (κ1) is 18.9. The smallest absolute Gasteiger partial charge is 0.274 e. The van der Waals surface area contributed by atoms with Gasteiger partial charge in [0.05, 0.1) is 11.7 Å². The zero-order valence-corrected chi connectivity index (χ0v) is 16.3. The molecule has 1 saturated heterocycles. The van der Waals surface area contributed by atoms with Crippen LogP contribution in [0.3, 0.4) is 0 Å². The Morgan fingerprint density at radius 2 is 2.14 bits per heavy atom. The summed E-state index contributed by atoms with van der Waals surface area (Å²) < 4.78 is 6.10. The first-order valence-electron chi connectivity index (χ1n) is 9.62. The third kappa shape index (κ3) is 4.38. The van der Waals surface area contributed by atoms with Crippen molar-refractivity contribution in [3.05, 3.63) is 54.0 Å². The minimum Gasteiger partial charge on any atom is -0.454 e. The van der Waals surface area contributed by atoms with Gasteiger partial charge in [-0.3, -0.25) is 25.0 Å². The number of aliphatic imine (C=N–C) groups is 1. The molecule has 3 heterocycles. The molecule has 0 bridgehead atoms. The number of amides is 1. The molecule has 4 N–H and O–H groups in total. The van der Waals surface area contributed by atoms with Crippen molar-refractivity contribution in [3.8, 4) is 11.5 Å². The quantitative estimate of drug-likeness (QED) is 0.457. The Kier molecular flexibility index (Phi) is 5.44. The third-order valence-corrected chi connectivity index (χ3v) is 4.95. The standard InChI is InChI=1S/C21H24N6O2/c1-23-21(22)26-20(28)17-10-15-5-4-6-18(19(15)25-17)29-16-9-14(11-24-12-16)13-27-7-2-3-8-27/h4-6,9-12,25H,2-3,7-8,13H2,1H3,(H3,22,23,26,28). The average Bonchev–Trinajstić information content (AvgIpc) is 3.38. The SMILES string of the molecule is CN=C(N)NC(=O)c1cc2cccc(Oc3cncc(CN4CCCC4)c3)c2[nH]1. The van der Waals surface area contributed by atoms with E-state index in [2.05, 4.69) is 25.2 Å². The molecule has 1 amide bonds. The number of pyridine rings is 1. The molecule has 8 heteroatoms. The van der Waals surface area contributed by atoms with E-state index < -0.39 is 0 Å². The Bertz CT molecular complexity index is 1050. The van der Waals surface area contributed by atoms with Crippen LogP contribution in [0, 0.1) is 0 Å². The monoisotopic (exact) mass is 392 g/mol. The molecule has 0 spiro atoms. The highest BCUT2D eigenvalue weighted by molar-refractivity contribution is 6.07. The van der Waals surface area contributed by atoms with Crippen LogP contribution < -0.4 is 15.8 Å². The fraction of sp³-hybridized carbons (Fsp3) is 0.286. The Hall–Kier alpha value is -3.39. The number of aromatic nitrogens is 2. The number of carbonyl (C=O) groups excluding carboxylic acids is 1. The van der Waals surface area contributed by atoms with E-state index in [0.29, 0.717) is 17.2 Å². The van der Waals surface area contributed by atoms with Crippen molar-refractivity contribution in [3.63, 3.8) is 0 Å². The molecule has 1 fully saturated rings. The molecule has 0 atom stereocenters. The van der Waals surface area contributed by atoms with Crippen LogP contribution in [0.25, 0.3) is 10.9 Å². The van der Waals surface area contributed by atoms with Gasteiger partial charge in [-0.25, -0.2) is 0 Å². The first-order valence-corrected chi connectivity index (χ1v) is 9.62. The Morgan fingerprint density at radius 1 is 1.31 bits per heavy atom. The van der Waals surface area contributed by atoms with Gasteiger partial charge in [-0.15, -0.1) is 0 Å². The van der Waals surface area contributed by atoms with Crippen molar-refractivity contribution in [1.82, 2.24) is 20.2 Å². The fourth-order valence-corrected chi connectivity index (χ4v) is 3.51. The summed E-state index contributed by atoms with van der Waals surface area (Å²) in [5, 5.41) is 3.38. The van der Waals surface area contributed by atoms with Gasteiger partial charge in [-0.1, -0.05) is 12.1 Å². The molecule has 1 aromatic carbocycles. The molecule has 3 aromatic rings. The molecule has 29 heavy (non-hydrogen) atoms. The Morgan fingerprint density at radius 3 is 2.93 bits per heavy atom. The van der Waals surface area contributed by atoms with E-state index in [-0.39, 0.29) is 11.9 Å². The lowest BCUT2D eigenvalue weighted by Gasteiger charge is -2.15. The number of hydrogen-bond donors (Lipinski definition) is 3. The number of likely N-dealkylation sites (tertiary alicyclic amines) is 1. The number of benzene rings is 1. The number of H-pyrrole nitrogens is 1. The van der Waals surface area contributed by atoms with Crippen molar-refractivity contribution >= 4 is 22.8 Å². The van der Waals surface area contributed by atoms with Crippen LogP contribution in [0.2, 0.25) is 0 Å². The molecule has 150 valence electrons. The number of nitrogens with two attached hydrogens (primary N) is 1. The van der Waals surface area contributed by atoms with E-state index in [1.807, 2.05) is 30.5 Å². The maximum atomic E-state index is 12.3. The van der Waals surface area contributed by atoms with Gasteiger partial charge in [0.25, 0.3) is 5.91 Å². The molecular weight excluding hydrogens is 368 g/mol. The van der Waals surface area contributed by atoms with Crippen LogP contribution in [0.4, 0.5) is 0 Å². The van der Waals surface area contributed by atoms with Crippen LogP contribution in [0.15, 0.2) is 47.7 Å². The molecule has 1 aliphatic heterocycles. The topological polar surface area (TPSA) is 109 Å². The normalized spacial score (nSPS) is 15.0. The van der Waals surface area contributed by atoms with E-state index in [9.17, 15) is 4.79 Å². The predicted octanol–water partition coefficient (Wildman–Crippen LogP) is 2.63. The van der Waals surface area contributed by atoms with Gasteiger partial charge in [0, 0.05) is 25.2 Å². The van der Waals surface area contributed by atoms with Gasteiger partial charge in [0.2, 0.25) is 0 Å². The average molecular weight is 392 g/mol. The summed E-state index contributed by atoms with van der Waals surface area (Å²) in [6.07, 6.45) is 6.08. The lowest BCUT2D eigenvalue weighted by Crippen LogP contribution is -2.36. The zero-order chi connectivity index (χ0) is 20.2. The first-order chi connectivity index (χ1) is 14.1. The number of carbonyl (C=O) groups is 1. The highest BCUT2D eigenvalue weighted by Gasteiger charge is 2.15. The Balaban J connectivity index is 1.55. The predicted molar refractivity (Wildman–Crippen MR) is 112 cm³/mol. The lowest BCUT2D eigenvalue weighted by molar-refractivity contribution is 0.0972. The van der Waals surface area contributed by atoms with Crippen molar-refractivity contribution in [1.29, 1.82) is 0 Å². The maximum Gasteiger partial charge on any atom is 0.274 e. The van der Waals surface area contributed by atoms with Crippen LogP contribution in [-0.4, -0.2) is 46.9 Å². The van der Waals surface area contributed by atoms with Gasteiger partial charge in [-0.2, -0.15) is 0 Å².